The number of amides is 1. The van der Waals surface area contributed by atoms with Gasteiger partial charge in [-0.2, -0.15) is 0 Å². The fourth-order valence-corrected chi connectivity index (χ4v) is 2.70. The van der Waals surface area contributed by atoms with Gasteiger partial charge in [0, 0.05) is 19.2 Å². The zero-order valence-corrected chi connectivity index (χ0v) is 13.7. The minimum Gasteiger partial charge on any atom is -0.484 e. The molecule has 0 saturated heterocycles. The molecule has 1 aromatic carbocycles. The molecule has 0 fully saturated rings. The van der Waals surface area contributed by atoms with E-state index < -0.39 is 0 Å². The molecule has 25 heavy (non-hydrogen) atoms. The lowest BCUT2D eigenvalue weighted by Crippen LogP contribution is -2.38. The molecule has 0 spiro atoms. The van der Waals surface area contributed by atoms with E-state index in [0.29, 0.717) is 30.4 Å². The van der Waals surface area contributed by atoms with Gasteiger partial charge in [0.25, 0.3) is 5.91 Å². The van der Waals surface area contributed by atoms with Crippen LogP contribution in [0.1, 0.15) is 27.8 Å². The monoisotopic (exact) mass is 336 g/mol. The number of benzene rings is 1. The predicted molar refractivity (Wildman–Crippen MR) is 89.4 cm³/mol. The highest BCUT2D eigenvalue weighted by Crippen LogP contribution is 2.24. The van der Waals surface area contributed by atoms with Gasteiger partial charge in [-0.05, 0) is 19.1 Å². The molecular formula is C18H16N4O3. The zero-order chi connectivity index (χ0) is 17.2. The number of ether oxygens (including phenoxy) is 1. The fourth-order valence-electron chi connectivity index (χ4n) is 2.70. The number of nitrogens with zero attached hydrogens (tertiary/aromatic N) is 4. The Labute approximate surface area is 144 Å². The Morgan fingerprint density at radius 3 is 2.84 bits per heavy atom. The summed E-state index contributed by atoms with van der Waals surface area (Å²) in [5, 5.41) is 0. The number of anilines is 1. The van der Waals surface area contributed by atoms with Crippen LogP contribution in [0.4, 0.5) is 5.82 Å². The van der Waals surface area contributed by atoms with Crippen molar-refractivity contribution in [2.75, 3.05) is 11.4 Å². The molecule has 0 saturated carbocycles. The second-order valence-electron chi connectivity index (χ2n) is 5.71. The number of rotatable bonds is 4. The van der Waals surface area contributed by atoms with E-state index in [1.165, 1.54) is 0 Å². The molecule has 1 aliphatic rings. The van der Waals surface area contributed by atoms with Crippen LogP contribution in [0.25, 0.3) is 0 Å². The minimum atomic E-state index is -0.250. The average Bonchev–Trinajstić information content (AvgIpc) is 3.05. The SMILES string of the molecule is Cc1cncc(N2CCc3nc(COc4ccccc4)oc3C2=O)n1. The van der Waals surface area contributed by atoms with Gasteiger partial charge in [0.15, 0.2) is 12.4 Å². The number of hydrogen-bond donors (Lipinski definition) is 0. The van der Waals surface area contributed by atoms with Gasteiger partial charge in [0.2, 0.25) is 11.7 Å². The van der Waals surface area contributed by atoms with Crippen LogP contribution >= 0.6 is 0 Å². The third kappa shape index (κ3) is 3.08. The van der Waals surface area contributed by atoms with Crippen LogP contribution in [0.15, 0.2) is 47.1 Å². The van der Waals surface area contributed by atoms with E-state index in [1.807, 2.05) is 37.3 Å². The Kier molecular flexibility index (Phi) is 3.89. The van der Waals surface area contributed by atoms with Gasteiger partial charge in [-0.1, -0.05) is 18.2 Å². The van der Waals surface area contributed by atoms with Crippen LogP contribution in [0.5, 0.6) is 5.75 Å². The first-order chi connectivity index (χ1) is 12.2. The van der Waals surface area contributed by atoms with Gasteiger partial charge < -0.3 is 9.15 Å². The van der Waals surface area contributed by atoms with Crippen molar-refractivity contribution in [2.24, 2.45) is 0 Å². The molecule has 4 rings (SSSR count). The summed E-state index contributed by atoms with van der Waals surface area (Å²) in [6.07, 6.45) is 3.83. The standard InChI is InChI=1S/C18H16N4O3/c1-12-9-19-10-15(20-12)22-8-7-14-17(18(22)23)25-16(21-14)11-24-13-5-3-2-4-6-13/h2-6,9-10H,7-8,11H2,1H3. The molecule has 0 unspecified atom stereocenters. The van der Waals surface area contributed by atoms with Gasteiger partial charge in [-0.15, -0.1) is 0 Å². The summed E-state index contributed by atoms with van der Waals surface area (Å²) in [6.45, 7) is 2.51. The van der Waals surface area contributed by atoms with E-state index in [9.17, 15) is 4.79 Å². The van der Waals surface area contributed by atoms with Crippen LogP contribution in [0.3, 0.4) is 0 Å². The summed E-state index contributed by atoms with van der Waals surface area (Å²) in [4.78, 5) is 27.1. The Bertz CT molecular complexity index is 908. The van der Waals surface area contributed by atoms with E-state index in [2.05, 4.69) is 15.0 Å². The Hall–Kier alpha value is -3.22. The molecule has 7 nitrogen and oxygen atoms in total. The topological polar surface area (TPSA) is 81.4 Å². The highest BCUT2D eigenvalue weighted by atomic mass is 16.5. The van der Waals surface area contributed by atoms with E-state index in [0.717, 1.165) is 11.4 Å². The maximum atomic E-state index is 12.7. The maximum Gasteiger partial charge on any atom is 0.297 e. The van der Waals surface area contributed by atoms with Crippen molar-refractivity contribution in [1.82, 2.24) is 15.0 Å². The molecule has 0 aliphatic carbocycles. The Balaban J connectivity index is 1.53. The summed E-state index contributed by atoms with van der Waals surface area (Å²) in [5.74, 6) is 1.64. The number of carbonyl (C=O) groups excluding carboxylic acids is 1. The Morgan fingerprint density at radius 2 is 2.04 bits per heavy atom. The number of oxazole rings is 1. The predicted octanol–water partition coefficient (Wildman–Crippen LogP) is 2.55. The van der Waals surface area contributed by atoms with Gasteiger partial charge in [-0.3, -0.25) is 14.7 Å². The van der Waals surface area contributed by atoms with Gasteiger partial charge >= 0.3 is 0 Å². The molecule has 126 valence electrons. The molecule has 0 atom stereocenters. The summed E-state index contributed by atoms with van der Waals surface area (Å²) >= 11 is 0. The number of carbonyl (C=O) groups is 1. The maximum absolute atomic E-state index is 12.7. The molecule has 0 N–H and O–H groups in total. The fraction of sp³-hybridized carbons (Fsp3) is 0.222. The molecule has 1 aliphatic heterocycles. The number of aryl methyl sites for hydroxylation is 1. The van der Waals surface area contributed by atoms with Crippen molar-refractivity contribution < 1.29 is 13.9 Å². The molecule has 2 aromatic heterocycles. The lowest BCUT2D eigenvalue weighted by atomic mass is 10.1. The van der Waals surface area contributed by atoms with Crippen LogP contribution in [-0.4, -0.2) is 27.4 Å². The number of aromatic nitrogens is 3. The quantitative estimate of drug-likeness (QED) is 0.728. The zero-order valence-electron chi connectivity index (χ0n) is 13.7. The first kappa shape index (κ1) is 15.3. The molecular weight excluding hydrogens is 320 g/mol. The van der Waals surface area contributed by atoms with Crippen LogP contribution in [0.2, 0.25) is 0 Å². The van der Waals surface area contributed by atoms with E-state index in [4.69, 9.17) is 9.15 Å². The van der Waals surface area contributed by atoms with Crippen LogP contribution in [-0.2, 0) is 13.0 Å². The third-order valence-corrected chi connectivity index (χ3v) is 3.88. The summed E-state index contributed by atoms with van der Waals surface area (Å²) < 4.78 is 11.3. The van der Waals surface area contributed by atoms with Crippen molar-refractivity contribution >= 4 is 11.7 Å². The average molecular weight is 336 g/mol. The van der Waals surface area contributed by atoms with Gasteiger partial charge in [0.1, 0.15) is 5.75 Å². The van der Waals surface area contributed by atoms with E-state index in [1.54, 1.807) is 17.3 Å². The minimum absolute atomic E-state index is 0.175. The van der Waals surface area contributed by atoms with Crippen molar-refractivity contribution in [1.29, 1.82) is 0 Å². The smallest absolute Gasteiger partial charge is 0.297 e. The van der Waals surface area contributed by atoms with Crippen molar-refractivity contribution in [3.8, 4) is 5.75 Å². The molecule has 3 aromatic rings. The second-order valence-corrected chi connectivity index (χ2v) is 5.71. The highest BCUT2D eigenvalue weighted by molar-refractivity contribution is 6.05. The van der Waals surface area contributed by atoms with Crippen LogP contribution < -0.4 is 9.64 Å². The number of fused-ring (bicyclic) bond motifs is 1. The normalized spacial score (nSPS) is 13.6. The highest BCUT2D eigenvalue weighted by Gasteiger charge is 2.32. The first-order valence-electron chi connectivity index (χ1n) is 7.97. The summed E-state index contributed by atoms with van der Waals surface area (Å²) in [6, 6.07) is 9.40. The molecule has 0 bridgehead atoms. The van der Waals surface area contributed by atoms with Gasteiger partial charge in [0.05, 0.1) is 17.6 Å². The summed E-state index contributed by atoms with van der Waals surface area (Å²) in [5.41, 5.74) is 1.42. The number of hydrogen-bond acceptors (Lipinski definition) is 6. The first-order valence-corrected chi connectivity index (χ1v) is 7.97. The van der Waals surface area contributed by atoms with Crippen molar-refractivity contribution in [2.45, 2.75) is 20.0 Å². The third-order valence-electron chi connectivity index (χ3n) is 3.88. The Morgan fingerprint density at radius 1 is 1.20 bits per heavy atom. The van der Waals surface area contributed by atoms with E-state index in [-0.39, 0.29) is 18.3 Å². The van der Waals surface area contributed by atoms with Crippen molar-refractivity contribution in [3.63, 3.8) is 0 Å². The second kappa shape index (κ2) is 6.35. The molecule has 7 heteroatoms. The lowest BCUT2D eigenvalue weighted by Gasteiger charge is -2.23. The molecule has 3 heterocycles. The lowest BCUT2D eigenvalue weighted by molar-refractivity contribution is 0.0947. The van der Waals surface area contributed by atoms with Gasteiger partial charge in [-0.25, -0.2) is 9.97 Å². The summed E-state index contributed by atoms with van der Waals surface area (Å²) in [7, 11) is 0. The van der Waals surface area contributed by atoms with Crippen LogP contribution in [0, 0.1) is 6.92 Å². The van der Waals surface area contributed by atoms with Crippen molar-refractivity contribution in [3.05, 3.63) is 65.8 Å². The molecule has 1 amide bonds. The largest absolute Gasteiger partial charge is 0.484 e. The van der Waals surface area contributed by atoms with E-state index >= 15 is 0 Å². The number of para-hydroxylation sites is 1. The molecule has 0 radical (unpaired) electrons.